The molecule has 0 saturated carbocycles. The molecule has 36 heavy (non-hydrogen) atoms. The van der Waals surface area contributed by atoms with Gasteiger partial charge in [0, 0.05) is 6.54 Å². The first-order valence-electron chi connectivity index (χ1n) is 11.7. The number of nitrogens with one attached hydrogen (secondary N) is 3. The Labute approximate surface area is 210 Å². The second-order valence-corrected chi connectivity index (χ2v) is 8.00. The van der Waals surface area contributed by atoms with E-state index in [0.717, 1.165) is 11.1 Å². The van der Waals surface area contributed by atoms with Crippen LogP contribution in [-0.2, 0) is 37.0 Å². The molecule has 3 N–H and O–H groups in total. The summed E-state index contributed by atoms with van der Waals surface area (Å²) in [5.41, 5.74) is 1.69. The molecule has 0 bridgehead atoms. The van der Waals surface area contributed by atoms with E-state index in [1.165, 1.54) is 14.0 Å². The van der Waals surface area contributed by atoms with Crippen molar-refractivity contribution in [1.29, 1.82) is 0 Å². The van der Waals surface area contributed by atoms with Gasteiger partial charge in [-0.05, 0) is 37.3 Å². The monoisotopic (exact) mass is 499 g/mol. The van der Waals surface area contributed by atoms with Crippen LogP contribution in [0.5, 0.6) is 0 Å². The van der Waals surface area contributed by atoms with Gasteiger partial charge in [-0.3, -0.25) is 4.79 Å². The summed E-state index contributed by atoms with van der Waals surface area (Å²) in [4.78, 5) is 48.5. The van der Waals surface area contributed by atoms with Gasteiger partial charge in [-0.1, -0.05) is 60.7 Å². The predicted molar refractivity (Wildman–Crippen MR) is 132 cm³/mol. The number of hydrogen-bond acceptors (Lipinski definition) is 7. The van der Waals surface area contributed by atoms with Crippen LogP contribution in [0.25, 0.3) is 0 Å². The largest absolute Gasteiger partial charge is 0.467 e. The first-order valence-corrected chi connectivity index (χ1v) is 11.7. The molecule has 0 unspecified atom stereocenters. The van der Waals surface area contributed by atoms with E-state index in [9.17, 15) is 19.2 Å². The Morgan fingerprint density at radius 2 is 1.33 bits per heavy atom. The number of ether oxygens (including phenoxy) is 3. The number of hydrogen-bond donors (Lipinski definition) is 3. The molecule has 10 nitrogen and oxygen atoms in total. The lowest BCUT2D eigenvalue weighted by Gasteiger charge is -2.20. The number of carbonyl (C=O) groups is 4. The van der Waals surface area contributed by atoms with Crippen LogP contribution < -0.4 is 16.0 Å². The van der Waals surface area contributed by atoms with Gasteiger partial charge in [-0.25, -0.2) is 14.4 Å². The quantitative estimate of drug-likeness (QED) is 0.219. The van der Waals surface area contributed by atoms with Crippen LogP contribution in [0.1, 0.15) is 37.3 Å². The van der Waals surface area contributed by atoms with Gasteiger partial charge in [-0.15, -0.1) is 0 Å². The SMILES string of the molecule is COC(=O)[C@H](C)NC(=O)[C@H](CCCCNC(=O)OCc1ccccc1)NC(=O)OCc1ccccc1. The van der Waals surface area contributed by atoms with Crippen molar-refractivity contribution in [2.45, 2.75) is 51.5 Å². The number of alkyl carbamates (subject to hydrolysis) is 2. The number of benzene rings is 2. The highest BCUT2D eigenvalue weighted by Gasteiger charge is 2.25. The number of carbonyl (C=O) groups excluding carboxylic acids is 4. The van der Waals surface area contributed by atoms with Crippen molar-refractivity contribution in [3.63, 3.8) is 0 Å². The van der Waals surface area contributed by atoms with Gasteiger partial charge >= 0.3 is 18.2 Å². The normalized spacial score (nSPS) is 11.9. The summed E-state index contributed by atoms with van der Waals surface area (Å²) in [6.45, 7) is 2.04. The van der Waals surface area contributed by atoms with Gasteiger partial charge in [0.05, 0.1) is 7.11 Å². The van der Waals surface area contributed by atoms with E-state index >= 15 is 0 Å². The highest BCUT2D eigenvalue weighted by Crippen LogP contribution is 2.06. The zero-order chi connectivity index (χ0) is 26.2. The Hall–Kier alpha value is -4.08. The molecule has 0 aliphatic heterocycles. The topological polar surface area (TPSA) is 132 Å². The fourth-order valence-electron chi connectivity index (χ4n) is 3.16. The minimum atomic E-state index is -0.939. The predicted octanol–water partition coefficient (Wildman–Crippen LogP) is 3.06. The highest BCUT2D eigenvalue weighted by atomic mass is 16.6. The van der Waals surface area contributed by atoms with Crippen LogP contribution in [0.4, 0.5) is 9.59 Å². The number of methoxy groups -OCH3 is 1. The maximum absolute atomic E-state index is 12.7. The maximum Gasteiger partial charge on any atom is 0.408 e. The summed E-state index contributed by atoms with van der Waals surface area (Å²) in [5.74, 6) is -1.15. The Kier molecular flexibility index (Phi) is 12.3. The van der Waals surface area contributed by atoms with Crippen LogP contribution in [0, 0.1) is 0 Å². The van der Waals surface area contributed by atoms with E-state index in [-0.39, 0.29) is 19.6 Å². The van der Waals surface area contributed by atoms with Gasteiger partial charge in [0.2, 0.25) is 5.91 Å². The van der Waals surface area contributed by atoms with Crippen molar-refractivity contribution >= 4 is 24.1 Å². The van der Waals surface area contributed by atoms with Crippen molar-refractivity contribution in [3.05, 3.63) is 71.8 Å². The third-order valence-electron chi connectivity index (χ3n) is 5.14. The fourth-order valence-corrected chi connectivity index (χ4v) is 3.16. The van der Waals surface area contributed by atoms with E-state index in [0.29, 0.717) is 19.4 Å². The van der Waals surface area contributed by atoms with E-state index in [4.69, 9.17) is 9.47 Å². The summed E-state index contributed by atoms with van der Waals surface area (Å²) in [5, 5.41) is 7.73. The lowest BCUT2D eigenvalue weighted by Crippen LogP contribution is -2.51. The first-order chi connectivity index (χ1) is 17.4. The Balaban J connectivity index is 1.78. The molecule has 194 valence electrons. The van der Waals surface area contributed by atoms with Gasteiger partial charge in [0.1, 0.15) is 25.3 Å². The van der Waals surface area contributed by atoms with Gasteiger partial charge in [0.15, 0.2) is 0 Å². The van der Waals surface area contributed by atoms with Crippen LogP contribution >= 0.6 is 0 Å². The number of amides is 3. The number of rotatable bonds is 13. The van der Waals surface area contributed by atoms with Crippen LogP contribution in [-0.4, -0.2) is 49.8 Å². The minimum absolute atomic E-state index is 0.0502. The smallest absolute Gasteiger partial charge is 0.408 e. The fraction of sp³-hybridized carbons (Fsp3) is 0.385. The average molecular weight is 500 g/mol. The molecular formula is C26H33N3O7. The molecule has 0 fully saturated rings. The third kappa shape index (κ3) is 10.9. The zero-order valence-corrected chi connectivity index (χ0v) is 20.5. The summed E-state index contributed by atoms with van der Waals surface area (Å²) in [6.07, 6.45) is 0.0103. The minimum Gasteiger partial charge on any atom is -0.467 e. The maximum atomic E-state index is 12.7. The molecule has 3 amide bonds. The molecule has 10 heteroatoms. The molecule has 0 aromatic heterocycles. The number of unbranched alkanes of at least 4 members (excludes halogenated alkanes) is 1. The van der Waals surface area contributed by atoms with Gasteiger partial charge in [0.25, 0.3) is 0 Å². The molecule has 0 aliphatic carbocycles. The molecule has 2 aromatic rings. The van der Waals surface area contributed by atoms with E-state index in [2.05, 4.69) is 20.7 Å². The Morgan fingerprint density at radius 1 is 0.778 bits per heavy atom. The molecule has 0 radical (unpaired) electrons. The number of esters is 1. The summed E-state index contributed by atoms with van der Waals surface area (Å²) >= 11 is 0. The van der Waals surface area contributed by atoms with Crippen LogP contribution in [0.2, 0.25) is 0 Å². The van der Waals surface area contributed by atoms with Crippen molar-refractivity contribution in [3.8, 4) is 0 Å². The second kappa shape index (κ2) is 15.8. The summed E-state index contributed by atoms with van der Waals surface area (Å²) in [6, 6.07) is 16.6. The summed E-state index contributed by atoms with van der Waals surface area (Å²) in [7, 11) is 1.22. The third-order valence-corrected chi connectivity index (χ3v) is 5.14. The lowest BCUT2D eigenvalue weighted by molar-refractivity contribution is -0.144. The molecular weight excluding hydrogens is 466 g/mol. The van der Waals surface area contributed by atoms with E-state index in [1.54, 1.807) is 0 Å². The second-order valence-electron chi connectivity index (χ2n) is 8.00. The van der Waals surface area contributed by atoms with Crippen molar-refractivity contribution in [1.82, 2.24) is 16.0 Å². The Bertz CT molecular complexity index is 970. The van der Waals surface area contributed by atoms with Crippen molar-refractivity contribution < 1.29 is 33.4 Å². The Morgan fingerprint density at radius 3 is 1.89 bits per heavy atom. The van der Waals surface area contributed by atoms with Crippen LogP contribution in [0.3, 0.4) is 0 Å². The van der Waals surface area contributed by atoms with Crippen molar-refractivity contribution in [2.75, 3.05) is 13.7 Å². The van der Waals surface area contributed by atoms with E-state index < -0.39 is 36.1 Å². The molecule has 0 heterocycles. The lowest BCUT2D eigenvalue weighted by atomic mass is 10.1. The zero-order valence-electron chi connectivity index (χ0n) is 20.5. The standard InChI is InChI=1S/C26H33N3O7/c1-19(24(31)34-2)28-23(30)22(29-26(33)36-18-21-13-7-4-8-14-21)15-9-10-16-27-25(32)35-17-20-11-5-3-6-12-20/h3-8,11-14,19,22H,9-10,15-18H2,1-2H3,(H,27,32)(H,28,30)(H,29,33)/t19-,22-/m0/s1. The highest BCUT2D eigenvalue weighted by molar-refractivity contribution is 5.89. The van der Waals surface area contributed by atoms with Gasteiger partial charge in [-0.2, -0.15) is 0 Å². The van der Waals surface area contributed by atoms with Crippen LogP contribution in [0.15, 0.2) is 60.7 Å². The molecule has 0 aliphatic rings. The first kappa shape index (κ1) is 28.2. The molecule has 0 spiro atoms. The molecule has 2 aromatic carbocycles. The molecule has 2 atom stereocenters. The average Bonchev–Trinajstić information content (AvgIpc) is 2.90. The van der Waals surface area contributed by atoms with Crippen molar-refractivity contribution in [2.24, 2.45) is 0 Å². The molecule has 0 saturated heterocycles. The van der Waals surface area contributed by atoms with E-state index in [1.807, 2.05) is 60.7 Å². The van der Waals surface area contributed by atoms with Gasteiger partial charge < -0.3 is 30.2 Å². The summed E-state index contributed by atoms with van der Waals surface area (Å²) < 4.78 is 15.0. The molecule has 2 rings (SSSR count).